The van der Waals surface area contributed by atoms with E-state index in [4.69, 9.17) is 10.6 Å². The van der Waals surface area contributed by atoms with Crippen LogP contribution in [0.1, 0.15) is 40.0 Å². The number of hydrazine groups is 1. The van der Waals surface area contributed by atoms with Crippen LogP contribution in [0.3, 0.4) is 0 Å². The molecule has 3 fully saturated rings. The number of alkyl halides is 2. The Morgan fingerprint density at radius 3 is 2.18 bits per heavy atom. The average molecular weight is 248 g/mol. The number of nitrogens with two attached hydrogens (primary N) is 1. The third-order valence-electron chi connectivity index (χ3n) is 3.61. The van der Waals surface area contributed by atoms with Gasteiger partial charge in [0.05, 0.1) is 5.54 Å². The van der Waals surface area contributed by atoms with E-state index in [1.165, 1.54) is 0 Å². The van der Waals surface area contributed by atoms with Gasteiger partial charge in [0.25, 0.3) is 0 Å². The zero-order valence-corrected chi connectivity index (χ0v) is 10.3. The number of halogens is 2. The first-order valence-electron chi connectivity index (χ1n) is 5.66. The summed E-state index contributed by atoms with van der Waals surface area (Å²) in [6, 6.07) is 0. The molecule has 0 saturated heterocycles. The number of carbonyl (C=O) groups excluding carboxylic acids is 1. The van der Waals surface area contributed by atoms with Crippen molar-refractivity contribution in [1.29, 1.82) is 0 Å². The molecular weight excluding hydrogens is 230 g/mol. The summed E-state index contributed by atoms with van der Waals surface area (Å²) in [6.45, 7) is 5.21. The molecule has 2 bridgehead atoms. The van der Waals surface area contributed by atoms with Gasteiger partial charge in [-0.05, 0) is 40.0 Å². The van der Waals surface area contributed by atoms with E-state index >= 15 is 0 Å². The minimum Gasteiger partial charge on any atom is -0.443 e. The summed E-state index contributed by atoms with van der Waals surface area (Å²) >= 11 is 0. The first-order chi connectivity index (χ1) is 7.60. The molecule has 3 aliphatic carbocycles. The highest BCUT2D eigenvalue weighted by Gasteiger charge is 2.75. The summed E-state index contributed by atoms with van der Waals surface area (Å²) < 4.78 is 30.4. The Bertz CT molecular complexity index is 332. The topological polar surface area (TPSA) is 55.6 Å². The zero-order chi connectivity index (χ0) is 13.1. The van der Waals surface area contributed by atoms with Crippen LogP contribution in [-0.4, -0.2) is 28.7 Å². The van der Waals surface area contributed by atoms with Gasteiger partial charge in [-0.25, -0.2) is 24.4 Å². The third-order valence-corrected chi connectivity index (χ3v) is 3.61. The van der Waals surface area contributed by atoms with Gasteiger partial charge in [-0.1, -0.05) is 0 Å². The highest BCUT2D eigenvalue weighted by atomic mass is 19.3. The third kappa shape index (κ3) is 1.78. The molecule has 0 radical (unpaired) electrons. The van der Waals surface area contributed by atoms with E-state index in [0.717, 1.165) is 5.01 Å². The maximum absolute atomic E-state index is 12.6. The lowest BCUT2D eigenvalue weighted by Gasteiger charge is -2.71. The molecule has 3 saturated carbocycles. The van der Waals surface area contributed by atoms with E-state index in [1.807, 2.05) is 0 Å². The highest BCUT2D eigenvalue weighted by Crippen LogP contribution is 2.71. The molecule has 98 valence electrons. The van der Waals surface area contributed by atoms with Gasteiger partial charge >= 0.3 is 6.09 Å². The molecule has 4 nitrogen and oxygen atoms in total. The van der Waals surface area contributed by atoms with Crippen LogP contribution in [-0.2, 0) is 4.74 Å². The zero-order valence-electron chi connectivity index (χ0n) is 10.3. The lowest BCUT2D eigenvalue weighted by Crippen LogP contribution is -2.79. The Labute approximate surface area is 99.1 Å². The van der Waals surface area contributed by atoms with E-state index in [1.54, 1.807) is 20.8 Å². The van der Waals surface area contributed by atoms with Crippen molar-refractivity contribution in [2.45, 2.75) is 57.6 Å². The van der Waals surface area contributed by atoms with Crippen molar-refractivity contribution in [3.05, 3.63) is 0 Å². The van der Waals surface area contributed by atoms with Gasteiger partial charge in [-0.3, -0.25) is 0 Å². The second-order valence-corrected chi connectivity index (χ2v) is 6.27. The fraction of sp³-hybridized carbons (Fsp3) is 0.909. The van der Waals surface area contributed by atoms with E-state index in [9.17, 15) is 13.6 Å². The summed E-state index contributed by atoms with van der Waals surface area (Å²) in [5.41, 5.74) is -2.10. The fourth-order valence-corrected chi connectivity index (χ4v) is 2.80. The molecule has 0 heterocycles. The van der Waals surface area contributed by atoms with Crippen LogP contribution in [0.5, 0.6) is 0 Å². The van der Waals surface area contributed by atoms with E-state index < -0.39 is 29.1 Å². The smallest absolute Gasteiger partial charge is 0.425 e. The Morgan fingerprint density at radius 1 is 1.35 bits per heavy atom. The lowest BCUT2D eigenvalue weighted by atomic mass is 9.39. The number of hydrogen-bond donors (Lipinski definition) is 1. The van der Waals surface area contributed by atoms with Crippen molar-refractivity contribution in [2.75, 3.05) is 0 Å². The summed E-state index contributed by atoms with van der Waals surface area (Å²) in [6.07, 6.45) is -2.11. The Kier molecular flexibility index (Phi) is 2.44. The van der Waals surface area contributed by atoms with Gasteiger partial charge < -0.3 is 4.74 Å². The van der Waals surface area contributed by atoms with Crippen LogP contribution in [0, 0.1) is 5.41 Å². The van der Waals surface area contributed by atoms with Crippen LogP contribution >= 0.6 is 0 Å². The number of amides is 1. The van der Waals surface area contributed by atoms with Gasteiger partial charge in [-0.15, -0.1) is 0 Å². The maximum Gasteiger partial charge on any atom is 0.425 e. The maximum atomic E-state index is 12.6. The van der Waals surface area contributed by atoms with Crippen LogP contribution in [0.25, 0.3) is 0 Å². The predicted octanol–water partition coefficient (Wildman–Crippen LogP) is 2.29. The standard InChI is InChI=1S/C11H18F2N2O2/c1-9(2,3)17-8(16)15(14)11-4-10(5-11,6-11)7(12)13/h7H,4-6,14H2,1-3H3. The number of nitrogens with zero attached hydrogens (tertiary/aromatic N) is 1. The quantitative estimate of drug-likeness (QED) is 0.463. The Hall–Kier alpha value is -0.910. The first kappa shape index (κ1) is 12.5. The van der Waals surface area contributed by atoms with Crippen molar-refractivity contribution in [2.24, 2.45) is 11.3 Å². The molecule has 2 N–H and O–H groups in total. The molecule has 0 aromatic carbocycles. The SMILES string of the molecule is CC(C)(C)OC(=O)N(N)C12CC(C(F)F)(C1)C2. The van der Waals surface area contributed by atoms with E-state index in [-0.39, 0.29) is 19.3 Å². The number of rotatable bonds is 2. The summed E-state index contributed by atoms with van der Waals surface area (Å²) in [7, 11) is 0. The van der Waals surface area contributed by atoms with Crippen LogP contribution in [0.4, 0.5) is 13.6 Å². The van der Waals surface area contributed by atoms with Crippen LogP contribution < -0.4 is 5.84 Å². The van der Waals surface area contributed by atoms with Gasteiger partial charge in [0.1, 0.15) is 5.60 Å². The van der Waals surface area contributed by atoms with Crippen molar-refractivity contribution >= 4 is 6.09 Å². The van der Waals surface area contributed by atoms with Crippen LogP contribution in [0.15, 0.2) is 0 Å². The van der Waals surface area contributed by atoms with Gasteiger partial charge in [-0.2, -0.15) is 0 Å². The van der Waals surface area contributed by atoms with Crippen molar-refractivity contribution in [3.8, 4) is 0 Å². The summed E-state index contributed by atoms with van der Waals surface area (Å²) in [4.78, 5) is 11.7. The largest absolute Gasteiger partial charge is 0.443 e. The molecule has 0 spiro atoms. The number of ether oxygens (including phenoxy) is 1. The second-order valence-electron chi connectivity index (χ2n) is 6.27. The summed E-state index contributed by atoms with van der Waals surface area (Å²) in [5.74, 6) is 5.67. The minimum atomic E-state index is -2.32. The van der Waals surface area contributed by atoms with Gasteiger partial charge in [0, 0.05) is 5.41 Å². The first-order valence-corrected chi connectivity index (χ1v) is 5.66. The molecule has 0 aliphatic heterocycles. The molecule has 1 amide bonds. The Morgan fingerprint density at radius 2 is 1.82 bits per heavy atom. The number of hydrogen-bond acceptors (Lipinski definition) is 3. The summed E-state index contributed by atoms with van der Waals surface area (Å²) in [5, 5.41) is 1.00. The molecule has 0 atom stereocenters. The van der Waals surface area contributed by atoms with Crippen molar-refractivity contribution in [1.82, 2.24) is 5.01 Å². The van der Waals surface area contributed by atoms with E-state index in [0.29, 0.717) is 0 Å². The molecular formula is C11H18F2N2O2. The molecule has 6 heteroatoms. The lowest BCUT2D eigenvalue weighted by molar-refractivity contribution is -0.266. The van der Waals surface area contributed by atoms with Gasteiger partial charge in [0.2, 0.25) is 6.43 Å². The van der Waals surface area contributed by atoms with Gasteiger partial charge in [0.15, 0.2) is 0 Å². The number of carbonyl (C=O) groups is 1. The van der Waals surface area contributed by atoms with Crippen LogP contribution in [0.2, 0.25) is 0 Å². The molecule has 0 aromatic heterocycles. The fourth-order valence-electron chi connectivity index (χ4n) is 2.80. The van der Waals surface area contributed by atoms with Crippen molar-refractivity contribution in [3.63, 3.8) is 0 Å². The molecule has 0 unspecified atom stereocenters. The normalized spacial score (nSPS) is 35.0. The molecule has 0 aromatic rings. The molecule has 17 heavy (non-hydrogen) atoms. The minimum absolute atomic E-state index is 0.285. The molecule has 3 rings (SSSR count). The second kappa shape index (κ2) is 3.31. The predicted molar refractivity (Wildman–Crippen MR) is 57.3 cm³/mol. The van der Waals surface area contributed by atoms with Crippen molar-refractivity contribution < 1.29 is 18.3 Å². The van der Waals surface area contributed by atoms with E-state index in [2.05, 4.69) is 0 Å². The monoisotopic (exact) mass is 248 g/mol. The average Bonchev–Trinajstić information content (AvgIpc) is 1.93. The molecule has 3 aliphatic rings. The Balaban J connectivity index is 1.92. The highest BCUT2D eigenvalue weighted by molar-refractivity contribution is 5.69.